The lowest BCUT2D eigenvalue weighted by Crippen LogP contribution is -2.09. The van der Waals surface area contributed by atoms with E-state index in [-0.39, 0.29) is 0 Å². The number of rotatable bonds is 6. The van der Waals surface area contributed by atoms with E-state index in [1.807, 2.05) is 6.07 Å². The highest BCUT2D eigenvalue weighted by molar-refractivity contribution is 14.1. The lowest BCUT2D eigenvalue weighted by molar-refractivity contribution is 0.863. The third kappa shape index (κ3) is 3.93. The minimum absolute atomic E-state index is 0.829. The highest BCUT2D eigenvalue weighted by Crippen LogP contribution is 2.26. The number of aryl methyl sites for hydroxylation is 2. The predicted molar refractivity (Wildman–Crippen MR) is 97.7 cm³/mol. The molecule has 1 N–H and O–H groups in total. The van der Waals surface area contributed by atoms with Crippen LogP contribution < -0.4 is 5.32 Å². The molecule has 0 saturated carbocycles. The molecule has 21 heavy (non-hydrogen) atoms. The number of nitrogens with one attached hydrogen (secondary N) is 1. The van der Waals surface area contributed by atoms with E-state index in [4.69, 9.17) is 9.97 Å². The molecule has 2 aromatic rings. The second kappa shape index (κ2) is 7.73. The summed E-state index contributed by atoms with van der Waals surface area (Å²) in [6.07, 6.45) is 3.16. The summed E-state index contributed by atoms with van der Waals surface area (Å²) >= 11 is 2.36. The van der Waals surface area contributed by atoms with Gasteiger partial charge in [0, 0.05) is 12.1 Å². The van der Waals surface area contributed by atoms with Crippen LogP contribution in [0.1, 0.15) is 37.9 Å². The van der Waals surface area contributed by atoms with Gasteiger partial charge in [-0.3, -0.25) is 0 Å². The van der Waals surface area contributed by atoms with Crippen LogP contribution in [0.3, 0.4) is 0 Å². The Labute approximate surface area is 140 Å². The number of hydrogen-bond donors (Lipinski definition) is 1. The molecule has 0 radical (unpaired) electrons. The van der Waals surface area contributed by atoms with Crippen molar-refractivity contribution < 1.29 is 0 Å². The maximum absolute atomic E-state index is 4.80. The van der Waals surface area contributed by atoms with E-state index in [1.54, 1.807) is 0 Å². The summed E-state index contributed by atoms with van der Waals surface area (Å²) in [7, 11) is 0. The summed E-state index contributed by atoms with van der Waals surface area (Å²) in [5, 5.41) is 3.43. The smallest absolute Gasteiger partial charge is 0.162 e. The van der Waals surface area contributed by atoms with Crippen molar-refractivity contribution in [2.45, 2.75) is 40.0 Å². The Morgan fingerprint density at radius 3 is 2.52 bits per heavy atom. The quantitative estimate of drug-likeness (QED) is 0.712. The Morgan fingerprint density at radius 2 is 1.86 bits per heavy atom. The fraction of sp³-hybridized carbons (Fsp3) is 0.412. The van der Waals surface area contributed by atoms with Crippen molar-refractivity contribution >= 4 is 28.4 Å². The standard InChI is InChI=1S/C17H22IN3/c1-4-8-14-15(18)17(19-11-5-2)21-16(20-14)13-10-7-6-9-12(13)3/h6-7,9-10H,4-5,8,11H2,1-3H3,(H,19,20,21). The van der Waals surface area contributed by atoms with Crippen molar-refractivity contribution in [1.82, 2.24) is 9.97 Å². The summed E-state index contributed by atoms with van der Waals surface area (Å²) in [4.78, 5) is 9.56. The van der Waals surface area contributed by atoms with Gasteiger partial charge in [-0.2, -0.15) is 0 Å². The molecule has 0 aliphatic carbocycles. The van der Waals surface area contributed by atoms with Gasteiger partial charge in [0.1, 0.15) is 5.82 Å². The Bertz CT molecular complexity index is 611. The molecule has 0 amide bonds. The number of nitrogens with zero attached hydrogens (tertiary/aromatic N) is 2. The van der Waals surface area contributed by atoms with Crippen LogP contribution in [0.5, 0.6) is 0 Å². The summed E-state index contributed by atoms with van der Waals surface area (Å²) in [6.45, 7) is 7.39. The zero-order valence-corrected chi connectivity index (χ0v) is 15.1. The van der Waals surface area contributed by atoms with Gasteiger partial charge >= 0.3 is 0 Å². The third-order valence-corrected chi connectivity index (χ3v) is 4.47. The van der Waals surface area contributed by atoms with Crippen molar-refractivity contribution in [3.63, 3.8) is 0 Å². The Balaban J connectivity index is 2.50. The van der Waals surface area contributed by atoms with Gasteiger partial charge in [0.15, 0.2) is 5.82 Å². The third-order valence-electron chi connectivity index (χ3n) is 3.34. The monoisotopic (exact) mass is 395 g/mol. The average molecular weight is 395 g/mol. The van der Waals surface area contributed by atoms with E-state index in [0.717, 1.165) is 52.3 Å². The first-order valence-corrected chi connectivity index (χ1v) is 8.61. The molecule has 0 saturated heterocycles. The first-order chi connectivity index (χ1) is 10.2. The molecule has 4 heteroatoms. The highest BCUT2D eigenvalue weighted by Gasteiger charge is 2.13. The Kier molecular flexibility index (Phi) is 5.96. The van der Waals surface area contributed by atoms with Crippen LogP contribution >= 0.6 is 22.6 Å². The second-order valence-electron chi connectivity index (χ2n) is 5.15. The molecule has 0 aliphatic rings. The number of aromatic nitrogens is 2. The maximum Gasteiger partial charge on any atom is 0.162 e. The molecule has 1 heterocycles. The van der Waals surface area contributed by atoms with Crippen LogP contribution in [-0.4, -0.2) is 16.5 Å². The van der Waals surface area contributed by atoms with E-state index in [0.29, 0.717) is 0 Å². The molecular formula is C17H22IN3. The Hall–Kier alpha value is -1.17. The number of anilines is 1. The van der Waals surface area contributed by atoms with Gasteiger partial charge in [-0.25, -0.2) is 9.97 Å². The van der Waals surface area contributed by atoms with Gasteiger partial charge in [0.05, 0.1) is 9.26 Å². The molecule has 0 unspecified atom stereocenters. The summed E-state index contributed by atoms with van der Waals surface area (Å²) < 4.78 is 1.15. The molecule has 0 bridgehead atoms. The average Bonchev–Trinajstić information content (AvgIpc) is 2.49. The van der Waals surface area contributed by atoms with Crippen molar-refractivity contribution in [2.24, 2.45) is 0 Å². The molecule has 0 aliphatic heterocycles. The second-order valence-corrected chi connectivity index (χ2v) is 6.23. The number of benzene rings is 1. The van der Waals surface area contributed by atoms with Crippen LogP contribution in [0.15, 0.2) is 24.3 Å². The topological polar surface area (TPSA) is 37.8 Å². The first-order valence-electron chi connectivity index (χ1n) is 7.53. The Morgan fingerprint density at radius 1 is 1.10 bits per heavy atom. The van der Waals surface area contributed by atoms with Gasteiger partial charge in [-0.1, -0.05) is 44.5 Å². The maximum atomic E-state index is 4.80. The van der Waals surface area contributed by atoms with Crippen LogP contribution in [0.4, 0.5) is 5.82 Å². The molecular weight excluding hydrogens is 373 g/mol. The van der Waals surface area contributed by atoms with Crippen molar-refractivity contribution in [3.05, 3.63) is 39.1 Å². The van der Waals surface area contributed by atoms with Gasteiger partial charge in [0.2, 0.25) is 0 Å². The van der Waals surface area contributed by atoms with E-state index in [2.05, 4.69) is 66.9 Å². The zero-order valence-electron chi connectivity index (χ0n) is 12.9. The lowest BCUT2D eigenvalue weighted by atomic mass is 10.1. The van der Waals surface area contributed by atoms with E-state index >= 15 is 0 Å². The van der Waals surface area contributed by atoms with Gasteiger partial charge in [0.25, 0.3) is 0 Å². The fourth-order valence-electron chi connectivity index (χ4n) is 2.20. The van der Waals surface area contributed by atoms with Gasteiger partial charge in [-0.05, 0) is 47.9 Å². The van der Waals surface area contributed by atoms with E-state index in [1.165, 1.54) is 5.56 Å². The molecule has 0 spiro atoms. The van der Waals surface area contributed by atoms with Crippen molar-refractivity contribution in [1.29, 1.82) is 0 Å². The number of halogens is 1. The van der Waals surface area contributed by atoms with Gasteiger partial charge < -0.3 is 5.32 Å². The van der Waals surface area contributed by atoms with Crippen LogP contribution in [0.2, 0.25) is 0 Å². The molecule has 0 atom stereocenters. The first kappa shape index (κ1) is 16.2. The van der Waals surface area contributed by atoms with E-state index in [9.17, 15) is 0 Å². The minimum Gasteiger partial charge on any atom is -0.369 e. The molecule has 3 nitrogen and oxygen atoms in total. The van der Waals surface area contributed by atoms with Gasteiger partial charge in [-0.15, -0.1) is 0 Å². The summed E-state index contributed by atoms with van der Waals surface area (Å²) in [5.41, 5.74) is 3.47. The molecule has 2 rings (SSSR count). The highest BCUT2D eigenvalue weighted by atomic mass is 127. The largest absolute Gasteiger partial charge is 0.369 e. The zero-order chi connectivity index (χ0) is 15.2. The minimum atomic E-state index is 0.829. The SMILES string of the molecule is CCCNc1nc(-c2ccccc2C)nc(CCC)c1I. The fourth-order valence-corrected chi connectivity index (χ4v) is 2.90. The molecule has 0 fully saturated rings. The number of hydrogen-bond acceptors (Lipinski definition) is 3. The van der Waals surface area contributed by atoms with Crippen LogP contribution in [-0.2, 0) is 6.42 Å². The molecule has 112 valence electrons. The summed E-state index contributed by atoms with van der Waals surface area (Å²) in [5.74, 6) is 1.80. The predicted octanol–water partition coefficient (Wildman–Crippen LogP) is 4.83. The van der Waals surface area contributed by atoms with Crippen molar-refractivity contribution in [2.75, 3.05) is 11.9 Å². The van der Waals surface area contributed by atoms with Crippen LogP contribution in [0, 0.1) is 10.5 Å². The van der Waals surface area contributed by atoms with Crippen molar-refractivity contribution in [3.8, 4) is 11.4 Å². The molecule has 1 aromatic heterocycles. The lowest BCUT2D eigenvalue weighted by Gasteiger charge is -2.13. The van der Waals surface area contributed by atoms with Crippen LogP contribution in [0.25, 0.3) is 11.4 Å². The molecule has 1 aromatic carbocycles. The summed E-state index contributed by atoms with van der Waals surface area (Å²) in [6, 6.07) is 8.29. The normalized spacial score (nSPS) is 10.7. The van der Waals surface area contributed by atoms with E-state index < -0.39 is 0 Å².